The molecule has 1 saturated heterocycles. The Bertz CT molecular complexity index is 242. The van der Waals surface area contributed by atoms with Crippen molar-refractivity contribution in [1.82, 2.24) is 5.32 Å². The van der Waals surface area contributed by atoms with Crippen LogP contribution in [0.5, 0.6) is 0 Å². The average molecular weight is 232 g/mol. The molecular weight excluding hydrogens is 216 g/mol. The van der Waals surface area contributed by atoms with E-state index in [1.807, 2.05) is 6.92 Å². The lowest BCUT2D eigenvalue weighted by Crippen LogP contribution is -2.46. The number of hydrogen-bond donors (Lipinski definition) is 2. The van der Waals surface area contributed by atoms with Gasteiger partial charge in [0, 0.05) is 12.5 Å². The Morgan fingerprint density at radius 2 is 2.40 bits per heavy atom. The van der Waals surface area contributed by atoms with Crippen molar-refractivity contribution in [3.8, 4) is 0 Å². The second kappa shape index (κ2) is 5.99. The third-order valence-electron chi connectivity index (χ3n) is 2.00. The predicted molar refractivity (Wildman–Crippen MR) is 59.6 cm³/mol. The van der Waals surface area contributed by atoms with Crippen LogP contribution in [0.15, 0.2) is 0 Å². The van der Waals surface area contributed by atoms with Crippen molar-refractivity contribution in [2.45, 2.75) is 25.5 Å². The fraction of sp³-hybridized carbons (Fsp3) is 0.778. The SMILES string of the molecule is CC(CC(N)=S)NC(=O)C1COCCO1. The first kappa shape index (κ1) is 12.4. The molecule has 1 aliphatic heterocycles. The molecule has 86 valence electrons. The molecule has 5 nitrogen and oxygen atoms in total. The van der Waals surface area contributed by atoms with E-state index in [0.29, 0.717) is 31.2 Å². The minimum Gasteiger partial charge on any atom is -0.393 e. The molecule has 0 aromatic rings. The van der Waals surface area contributed by atoms with Crippen molar-refractivity contribution in [2.24, 2.45) is 5.73 Å². The smallest absolute Gasteiger partial charge is 0.251 e. The molecule has 0 aromatic carbocycles. The summed E-state index contributed by atoms with van der Waals surface area (Å²) in [5, 5.41) is 2.77. The maximum Gasteiger partial charge on any atom is 0.251 e. The van der Waals surface area contributed by atoms with Crippen LogP contribution in [0.4, 0.5) is 0 Å². The second-order valence-electron chi connectivity index (χ2n) is 3.51. The maximum atomic E-state index is 11.6. The first-order valence-electron chi connectivity index (χ1n) is 4.87. The van der Waals surface area contributed by atoms with Crippen LogP contribution >= 0.6 is 12.2 Å². The topological polar surface area (TPSA) is 73.6 Å². The van der Waals surface area contributed by atoms with Gasteiger partial charge in [-0.1, -0.05) is 12.2 Å². The zero-order valence-electron chi connectivity index (χ0n) is 8.69. The molecule has 0 saturated carbocycles. The van der Waals surface area contributed by atoms with Crippen LogP contribution in [0.3, 0.4) is 0 Å². The largest absolute Gasteiger partial charge is 0.393 e. The minimum absolute atomic E-state index is 0.0690. The van der Waals surface area contributed by atoms with E-state index in [1.165, 1.54) is 0 Å². The molecule has 3 N–H and O–H groups in total. The molecule has 2 unspecified atom stereocenters. The second-order valence-corrected chi connectivity index (χ2v) is 4.04. The number of carbonyl (C=O) groups is 1. The molecule has 1 heterocycles. The molecule has 0 aromatic heterocycles. The third-order valence-corrected chi connectivity index (χ3v) is 2.17. The van der Waals surface area contributed by atoms with E-state index < -0.39 is 6.10 Å². The number of nitrogens with one attached hydrogen (secondary N) is 1. The number of hydrogen-bond acceptors (Lipinski definition) is 4. The van der Waals surface area contributed by atoms with Gasteiger partial charge in [0.1, 0.15) is 0 Å². The number of amides is 1. The van der Waals surface area contributed by atoms with E-state index in [0.717, 1.165) is 0 Å². The first-order chi connectivity index (χ1) is 7.09. The Morgan fingerprint density at radius 3 is 2.93 bits per heavy atom. The fourth-order valence-corrected chi connectivity index (χ4v) is 1.58. The average Bonchev–Trinajstić information content (AvgIpc) is 2.17. The molecule has 1 rings (SSSR count). The van der Waals surface area contributed by atoms with Gasteiger partial charge in [0.05, 0.1) is 24.8 Å². The molecule has 0 radical (unpaired) electrons. The first-order valence-corrected chi connectivity index (χ1v) is 5.28. The molecule has 1 aliphatic rings. The normalized spacial score (nSPS) is 23.1. The van der Waals surface area contributed by atoms with E-state index in [9.17, 15) is 4.79 Å². The van der Waals surface area contributed by atoms with Gasteiger partial charge in [-0.2, -0.15) is 0 Å². The molecule has 15 heavy (non-hydrogen) atoms. The number of thiocarbonyl (C=S) groups is 1. The van der Waals surface area contributed by atoms with E-state index in [-0.39, 0.29) is 11.9 Å². The standard InChI is InChI=1S/C9H16N2O3S/c1-6(4-8(10)15)11-9(12)7-5-13-2-3-14-7/h6-7H,2-5H2,1H3,(H2,10,15)(H,11,12). The van der Waals surface area contributed by atoms with Crippen molar-refractivity contribution >= 4 is 23.1 Å². The van der Waals surface area contributed by atoms with Crippen LogP contribution in [-0.4, -0.2) is 42.9 Å². The highest BCUT2D eigenvalue weighted by Crippen LogP contribution is 2.02. The lowest BCUT2D eigenvalue weighted by atomic mass is 10.2. The zero-order chi connectivity index (χ0) is 11.3. The van der Waals surface area contributed by atoms with Crippen LogP contribution in [0.25, 0.3) is 0 Å². The molecule has 0 spiro atoms. The summed E-state index contributed by atoms with van der Waals surface area (Å²) in [4.78, 5) is 12.0. The number of ether oxygens (including phenoxy) is 2. The van der Waals surface area contributed by atoms with E-state index in [1.54, 1.807) is 0 Å². The molecule has 1 fully saturated rings. The molecule has 1 amide bonds. The lowest BCUT2D eigenvalue weighted by molar-refractivity contribution is -0.148. The van der Waals surface area contributed by atoms with Gasteiger partial charge < -0.3 is 20.5 Å². The van der Waals surface area contributed by atoms with E-state index in [2.05, 4.69) is 5.32 Å². The van der Waals surface area contributed by atoms with Crippen LogP contribution in [-0.2, 0) is 14.3 Å². The van der Waals surface area contributed by atoms with Crippen molar-refractivity contribution < 1.29 is 14.3 Å². The summed E-state index contributed by atoms with van der Waals surface area (Å²) in [6.45, 7) is 3.17. The number of nitrogens with two attached hydrogens (primary N) is 1. The molecule has 2 atom stereocenters. The Balaban J connectivity index is 2.30. The Hall–Kier alpha value is -0.720. The van der Waals surface area contributed by atoms with Crippen molar-refractivity contribution in [2.75, 3.05) is 19.8 Å². The number of carbonyl (C=O) groups excluding carboxylic acids is 1. The van der Waals surface area contributed by atoms with Crippen molar-refractivity contribution in [3.05, 3.63) is 0 Å². The van der Waals surface area contributed by atoms with Crippen LogP contribution in [0.2, 0.25) is 0 Å². The highest BCUT2D eigenvalue weighted by Gasteiger charge is 2.23. The van der Waals surface area contributed by atoms with Gasteiger partial charge in [-0.05, 0) is 6.92 Å². The van der Waals surface area contributed by atoms with Gasteiger partial charge in [0.2, 0.25) is 0 Å². The summed E-state index contributed by atoms with van der Waals surface area (Å²) in [6, 6.07) is -0.0690. The summed E-state index contributed by atoms with van der Waals surface area (Å²) < 4.78 is 10.4. The molecule has 0 aliphatic carbocycles. The van der Waals surface area contributed by atoms with Gasteiger partial charge in [0.25, 0.3) is 5.91 Å². The summed E-state index contributed by atoms with van der Waals surface area (Å²) >= 11 is 4.75. The monoisotopic (exact) mass is 232 g/mol. The lowest BCUT2D eigenvalue weighted by Gasteiger charge is -2.23. The summed E-state index contributed by atoms with van der Waals surface area (Å²) in [5.74, 6) is -0.168. The fourth-order valence-electron chi connectivity index (χ4n) is 1.33. The predicted octanol–water partition coefficient (Wildman–Crippen LogP) is -0.417. The van der Waals surface area contributed by atoms with Gasteiger partial charge in [0.15, 0.2) is 6.10 Å². The summed E-state index contributed by atoms with van der Waals surface area (Å²) in [6.07, 6.45) is -0.0122. The van der Waals surface area contributed by atoms with E-state index in [4.69, 9.17) is 27.4 Å². The zero-order valence-corrected chi connectivity index (χ0v) is 9.51. The highest BCUT2D eigenvalue weighted by atomic mass is 32.1. The molecule has 0 bridgehead atoms. The highest BCUT2D eigenvalue weighted by molar-refractivity contribution is 7.80. The molecule has 6 heteroatoms. The number of rotatable bonds is 4. The maximum absolute atomic E-state index is 11.6. The Kier molecular flexibility index (Phi) is 4.93. The van der Waals surface area contributed by atoms with Crippen molar-refractivity contribution in [3.63, 3.8) is 0 Å². The van der Waals surface area contributed by atoms with E-state index >= 15 is 0 Å². The van der Waals surface area contributed by atoms with Gasteiger partial charge in [-0.25, -0.2) is 0 Å². The van der Waals surface area contributed by atoms with Crippen molar-refractivity contribution in [1.29, 1.82) is 0 Å². The van der Waals surface area contributed by atoms with Gasteiger partial charge in [-0.3, -0.25) is 4.79 Å². The summed E-state index contributed by atoms with van der Waals surface area (Å²) in [5.41, 5.74) is 5.37. The third kappa shape index (κ3) is 4.55. The Morgan fingerprint density at radius 1 is 1.67 bits per heavy atom. The van der Waals surface area contributed by atoms with Crippen LogP contribution in [0, 0.1) is 0 Å². The van der Waals surface area contributed by atoms with Crippen LogP contribution < -0.4 is 11.1 Å². The van der Waals surface area contributed by atoms with Gasteiger partial charge in [-0.15, -0.1) is 0 Å². The van der Waals surface area contributed by atoms with Crippen LogP contribution in [0.1, 0.15) is 13.3 Å². The minimum atomic E-state index is -0.507. The summed E-state index contributed by atoms with van der Waals surface area (Å²) in [7, 11) is 0. The van der Waals surface area contributed by atoms with Gasteiger partial charge >= 0.3 is 0 Å². The quantitative estimate of drug-likeness (QED) is 0.644. The Labute approximate surface area is 94.3 Å². The molecular formula is C9H16N2O3S.